The second-order valence-electron chi connectivity index (χ2n) is 5.24. The van der Waals surface area contributed by atoms with E-state index in [2.05, 4.69) is 23.6 Å². The number of benzene rings is 1. The van der Waals surface area contributed by atoms with Crippen molar-refractivity contribution < 1.29 is 9.53 Å². The molecule has 3 rings (SSSR count). The van der Waals surface area contributed by atoms with Crippen LogP contribution in [0.2, 0.25) is 0 Å². The minimum Gasteiger partial charge on any atom is -0.462 e. The van der Waals surface area contributed by atoms with Gasteiger partial charge in [0.1, 0.15) is 0 Å². The van der Waals surface area contributed by atoms with Gasteiger partial charge >= 0.3 is 5.97 Å². The van der Waals surface area contributed by atoms with Gasteiger partial charge in [-0.25, -0.2) is 4.79 Å². The SMILES string of the molecule is CCOC(=O)c1cc(C)n(C2CC2)c1-c1ccccc1. The van der Waals surface area contributed by atoms with Crippen LogP contribution in [0.25, 0.3) is 11.3 Å². The average Bonchev–Trinajstić information content (AvgIpc) is 3.23. The molecule has 0 aliphatic heterocycles. The Balaban J connectivity index is 2.15. The molecule has 0 amide bonds. The van der Waals surface area contributed by atoms with Crippen molar-refractivity contribution >= 4 is 5.97 Å². The Bertz CT molecular complexity index is 624. The van der Waals surface area contributed by atoms with E-state index < -0.39 is 0 Å². The van der Waals surface area contributed by atoms with Crippen LogP contribution in [-0.4, -0.2) is 17.1 Å². The van der Waals surface area contributed by atoms with Crippen molar-refractivity contribution in [3.05, 3.63) is 47.7 Å². The van der Waals surface area contributed by atoms with Crippen LogP contribution in [0, 0.1) is 6.92 Å². The van der Waals surface area contributed by atoms with Gasteiger partial charge in [-0.3, -0.25) is 0 Å². The molecule has 1 fully saturated rings. The lowest BCUT2D eigenvalue weighted by Gasteiger charge is -2.12. The first-order chi connectivity index (χ1) is 9.72. The Kier molecular flexibility index (Phi) is 3.35. The number of ether oxygens (including phenoxy) is 1. The Morgan fingerprint density at radius 1 is 1.30 bits per heavy atom. The third kappa shape index (κ3) is 2.24. The minimum absolute atomic E-state index is 0.228. The predicted octanol–water partition coefficient (Wildman–Crippen LogP) is 3.98. The number of aromatic nitrogens is 1. The van der Waals surface area contributed by atoms with Crippen LogP contribution < -0.4 is 0 Å². The molecule has 1 saturated carbocycles. The summed E-state index contributed by atoms with van der Waals surface area (Å²) in [6.45, 7) is 4.30. The minimum atomic E-state index is -0.228. The number of hydrogen-bond acceptors (Lipinski definition) is 2. The lowest BCUT2D eigenvalue weighted by atomic mass is 10.1. The summed E-state index contributed by atoms with van der Waals surface area (Å²) in [6, 6.07) is 12.6. The molecule has 0 saturated heterocycles. The average molecular weight is 269 g/mol. The predicted molar refractivity (Wildman–Crippen MR) is 78.8 cm³/mol. The molecule has 0 unspecified atom stereocenters. The molecule has 3 heteroatoms. The van der Waals surface area contributed by atoms with Crippen molar-refractivity contribution in [2.75, 3.05) is 6.61 Å². The summed E-state index contributed by atoms with van der Waals surface area (Å²) < 4.78 is 7.50. The van der Waals surface area contributed by atoms with E-state index in [4.69, 9.17) is 4.74 Å². The van der Waals surface area contributed by atoms with E-state index >= 15 is 0 Å². The molecule has 0 atom stereocenters. The zero-order valence-electron chi connectivity index (χ0n) is 11.9. The Morgan fingerprint density at radius 3 is 2.60 bits per heavy atom. The molecule has 0 bridgehead atoms. The van der Waals surface area contributed by atoms with Gasteiger partial charge in [0.2, 0.25) is 0 Å². The fourth-order valence-corrected chi connectivity index (χ4v) is 2.71. The van der Waals surface area contributed by atoms with E-state index in [-0.39, 0.29) is 5.97 Å². The number of carbonyl (C=O) groups is 1. The number of aryl methyl sites for hydroxylation is 1. The number of hydrogen-bond donors (Lipinski definition) is 0. The number of rotatable bonds is 4. The van der Waals surface area contributed by atoms with Gasteiger partial charge in [-0.2, -0.15) is 0 Å². The Hall–Kier alpha value is -2.03. The highest BCUT2D eigenvalue weighted by Gasteiger charge is 2.30. The van der Waals surface area contributed by atoms with Crippen LogP contribution in [0.3, 0.4) is 0 Å². The molecule has 0 N–H and O–H groups in total. The molecule has 0 radical (unpaired) electrons. The summed E-state index contributed by atoms with van der Waals surface area (Å²) in [4.78, 5) is 12.2. The summed E-state index contributed by atoms with van der Waals surface area (Å²) in [5.41, 5.74) is 3.90. The number of nitrogens with zero attached hydrogens (tertiary/aromatic N) is 1. The first kappa shape index (κ1) is 13.0. The summed E-state index contributed by atoms with van der Waals surface area (Å²) in [7, 11) is 0. The molecular weight excluding hydrogens is 250 g/mol. The van der Waals surface area contributed by atoms with Gasteiger partial charge in [-0.15, -0.1) is 0 Å². The lowest BCUT2D eigenvalue weighted by Crippen LogP contribution is -2.07. The molecule has 1 aliphatic rings. The van der Waals surface area contributed by atoms with Crippen molar-refractivity contribution in [3.63, 3.8) is 0 Å². The first-order valence-corrected chi connectivity index (χ1v) is 7.16. The summed E-state index contributed by atoms with van der Waals surface area (Å²) >= 11 is 0. The highest BCUT2D eigenvalue weighted by atomic mass is 16.5. The third-order valence-electron chi connectivity index (χ3n) is 3.68. The topological polar surface area (TPSA) is 31.2 Å². The number of esters is 1. The largest absolute Gasteiger partial charge is 0.462 e. The van der Waals surface area contributed by atoms with Gasteiger partial charge in [0.15, 0.2) is 0 Å². The first-order valence-electron chi connectivity index (χ1n) is 7.16. The Labute approximate surface area is 119 Å². The van der Waals surface area contributed by atoms with Crippen LogP contribution in [-0.2, 0) is 4.74 Å². The van der Waals surface area contributed by atoms with Gasteiger partial charge < -0.3 is 9.30 Å². The van der Waals surface area contributed by atoms with E-state index in [1.54, 1.807) is 0 Å². The second kappa shape index (κ2) is 5.16. The van der Waals surface area contributed by atoms with Crippen LogP contribution in [0.4, 0.5) is 0 Å². The van der Waals surface area contributed by atoms with Crippen LogP contribution in [0.15, 0.2) is 36.4 Å². The summed E-state index contributed by atoms with van der Waals surface area (Å²) in [5.74, 6) is -0.228. The fraction of sp³-hybridized carbons (Fsp3) is 0.353. The normalized spacial score (nSPS) is 14.3. The maximum atomic E-state index is 12.2. The molecule has 3 nitrogen and oxygen atoms in total. The van der Waals surface area contributed by atoms with Crippen molar-refractivity contribution in [1.29, 1.82) is 0 Å². The molecule has 104 valence electrons. The van der Waals surface area contributed by atoms with Crippen molar-refractivity contribution in [2.24, 2.45) is 0 Å². The summed E-state index contributed by atoms with van der Waals surface area (Å²) in [6.07, 6.45) is 2.38. The molecule has 0 spiro atoms. The van der Waals surface area contributed by atoms with Crippen molar-refractivity contribution in [3.8, 4) is 11.3 Å². The van der Waals surface area contributed by atoms with Crippen LogP contribution in [0.1, 0.15) is 41.9 Å². The zero-order chi connectivity index (χ0) is 14.1. The second-order valence-corrected chi connectivity index (χ2v) is 5.24. The highest BCUT2D eigenvalue weighted by molar-refractivity contribution is 5.97. The van der Waals surface area contributed by atoms with E-state index in [1.165, 1.54) is 12.8 Å². The maximum Gasteiger partial charge on any atom is 0.340 e. The van der Waals surface area contributed by atoms with Gasteiger partial charge in [-0.1, -0.05) is 30.3 Å². The quantitative estimate of drug-likeness (QED) is 0.786. The molecule has 1 heterocycles. The van der Waals surface area contributed by atoms with Crippen molar-refractivity contribution in [1.82, 2.24) is 4.57 Å². The fourth-order valence-electron chi connectivity index (χ4n) is 2.71. The standard InChI is InChI=1S/C17H19NO2/c1-3-20-17(19)15-11-12(2)18(14-9-10-14)16(15)13-7-5-4-6-8-13/h4-8,11,14H,3,9-10H2,1-2H3. The number of carbonyl (C=O) groups excluding carboxylic acids is 1. The van der Waals surface area contributed by atoms with Crippen LogP contribution in [0.5, 0.6) is 0 Å². The molecule has 1 aromatic heterocycles. The van der Waals surface area contributed by atoms with E-state index in [0.717, 1.165) is 17.0 Å². The van der Waals surface area contributed by atoms with Gasteiger partial charge in [0.25, 0.3) is 0 Å². The summed E-state index contributed by atoms with van der Waals surface area (Å²) in [5, 5.41) is 0. The zero-order valence-corrected chi connectivity index (χ0v) is 11.9. The van der Waals surface area contributed by atoms with Crippen LogP contribution >= 0.6 is 0 Å². The van der Waals surface area contributed by atoms with Gasteiger partial charge in [0.05, 0.1) is 17.9 Å². The highest BCUT2D eigenvalue weighted by Crippen LogP contribution is 2.42. The molecule has 20 heavy (non-hydrogen) atoms. The maximum absolute atomic E-state index is 12.2. The molecule has 2 aromatic rings. The van der Waals surface area contributed by atoms with Crippen molar-refractivity contribution in [2.45, 2.75) is 32.7 Å². The lowest BCUT2D eigenvalue weighted by molar-refractivity contribution is 0.0527. The molecule has 1 aromatic carbocycles. The molecular formula is C17H19NO2. The van der Waals surface area contributed by atoms with Gasteiger partial charge in [0, 0.05) is 11.7 Å². The van der Waals surface area contributed by atoms with E-state index in [1.807, 2.05) is 31.2 Å². The smallest absolute Gasteiger partial charge is 0.340 e. The molecule has 1 aliphatic carbocycles. The third-order valence-corrected chi connectivity index (χ3v) is 3.68. The Morgan fingerprint density at radius 2 is 2.00 bits per heavy atom. The van der Waals surface area contributed by atoms with E-state index in [0.29, 0.717) is 18.2 Å². The monoisotopic (exact) mass is 269 g/mol. The van der Waals surface area contributed by atoms with Gasteiger partial charge in [-0.05, 0) is 38.3 Å². The van der Waals surface area contributed by atoms with E-state index in [9.17, 15) is 4.79 Å².